The molecule has 7 heteroatoms. The zero-order valence-electron chi connectivity index (χ0n) is 18.1. The lowest BCUT2D eigenvalue weighted by molar-refractivity contribution is -0.117. The number of rotatable bonds is 8. The molecule has 0 radical (unpaired) electrons. The predicted molar refractivity (Wildman–Crippen MR) is 122 cm³/mol. The van der Waals surface area contributed by atoms with Crippen molar-refractivity contribution in [1.29, 1.82) is 0 Å². The molecule has 168 valence electrons. The summed E-state index contributed by atoms with van der Waals surface area (Å²) in [4.78, 5) is 14.5. The van der Waals surface area contributed by atoms with Gasteiger partial charge in [0, 0.05) is 31.8 Å². The molecule has 0 atom stereocenters. The molecule has 1 aromatic carbocycles. The number of halogens is 1. The van der Waals surface area contributed by atoms with Crippen LogP contribution < -0.4 is 14.8 Å². The average Bonchev–Trinajstić information content (AvgIpc) is 2.75. The normalized spacial score (nSPS) is 22.3. The summed E-state index contributed by atoms with van der Waals surface area (Å²) in [5, 5.41) is 3.11. The van der Waals surface area contributed by atoms with Crippen LogP contribution in [0.3, 0.4) is 0 Å². The van der Waals surface area contributed by atoms with Crippen molar-refractivity contribution in [3.05, 3.63) is 29.8 Å². The number of ether oxygens (including phenoxy) is 3. The number of carbonyl (C=O) groups excluding carboxylic acids is 1. The van der Waals surface area contributed by atoms with E-state index in [4.69, 9.17) is 14.2 Å². The number of hydrogen-bond donors (Lipinski definition) is 1. The van der Waals surface area contributed by atoms with Gasteiger partial charge in [0.1, 0.15) is 6.61 Å². The van der Waals surface area contributed by atoms with E-state index in [9.17, 15) is 4.79 Å². The Morgan fingerprint density at radius 1 is 1.20 bits per heavy atom. The lowest BCUT2D eigenvalue weighted by atomic mass is 9.87. The van der Waals surface area contributed by atoms with Gasteiger partial charge in [0.05, 0.1) is 20.3 Å². The maximum Gasteiger partial charge on any atom is 0.244 e. The SMILES string of the molecule is COc1cc(/C=C/C(=O)NC2CCC(C)CC2)ccc1OCCN1CCOCC1.Cl. The Balaban J connectivity index is 0.00000320. The standard InChI is InChI=1S/C23H34N2O4.ClH/c1-18-3-7-20(8-4-18)24-23(26)10-6-19-5-9-21(22(17-19)27-2)29-16-13-25-11-14-28-15-12-25;/h5-6,9-10,17-18,20H,3-4,7-8,11-16H2,1-2H3,(H,24,26);1H/b10-6+;. The van der Waals surface area contributed by atoms with Crippen molar-refractivity contribution < 1.29 is 19.0 Å². The second kappa shape index (κ2) is 12.8. The van der Waals surface area contributed by atoms with Crippen molar-refractivity contribution >= 4 is 24.4 Å². The first-order valence-electron chi connectivity index (χ1n) is 10.7. The van der Waals surface area contributed by atoms with E-state index in [1.807, 2.05) is 24.3 Å². The van der Waals surface area contributed by atoms with Gasteiger partial charge in [-0.25, -0.2) is 0 Å². The second-order valence-electron chi connectivity index (χ2n) is 8.01. The minimum atomic E-state index is -0.0330. The highest BCUT2D eigenvalue weighted by Crippen LogP contribution is 2.28. The van der Waals surface area contributed by atoms with Crippen LogP contribution >= 0.6 is 12.4 Å². The molecule has 1 heterocycles. The van der Waals surface area contributed by atoms with E-state index in [0.717, 1.165) is 62.9 Å². The first-order chi connectivity index (χ1) is 14.1. The molecular weight excluding hydrogens is 404 g/mol. The van der Waals surface area contributed by atoms with Crippen LogP contribution in [0.15, 0.2) is 24.3 Å². The Kier molecular flexibility index (Phi) is 10.5. The van der Waals surface area contributed by atoms with Crippen LogP contribution in [0.4, 0.5) is 0 Å². The maximum atomic E-state index is 12.2. The molecule has 1 amide bonds. The number of nitrogens with one attached hydrogen (secondary N) is 1. The molecule has 30 heavy (non-hydrogen) atoms. The van der Waals surface area contributed by atoms with Gasteiger partial charge in [-0.05, 0) is 55.4 Å². The van der Waals surface area contributed by atoms with Crippen molar-refractivity contribution in [2.24, 2.45) is 5.92 Å². The van der Waals surface area contributed by atoms with Gasteiger partial charge in [-0.3, -0.25) is 9.69 Å². The van der Waals surface area contributed by atoms with Crippen LogP contribution in [0.25, 0.3) is 6.08 Å². The third kappa shape index (κ3) is 7.82. The van der Waals surface area contributed by atoms with E-state index < -0.39 is 0 Å². The number of nitrogens with zero attached hydrogens (tertiary/aromatic N) is 1. The van der Waals surface area contributed by atoms with E-state index in [1.54, 1.807) is 13.2 Å². The zero-order chi connectivity index (χ0) is 20.5. The number of methoxy groups -OCH3 is 1. The molecule has 1 aliphatic heterocycles. The first-order valence-corrected chi connectivity index (χ1v) is 10.7. The van der Waals surface area contributed by atoms with Crippen molar-refractivity contribution in [3.63, 3.8) is 0 Å². The Morgan fingerprint density at radius 2 is 1.93 bits per heavy atom. The molecule has 2 aliphatic rings. The number of amides is 1. The van der Waals surface area contributed by atoms with E-state index in [-0.39, 0.29) is 18.3 Å². The monoisotopic (exact) mass is 438 g/mol. The number of carbonyl (C=O) groups is 1. The van der Waals surface area contributed by atoms with Crippen LogP contribution in [0, 0.1) is 5.92 Å². The van der Waals surface area contributed by atoms with Crippen molar-refractivity contribution in [1.82, 2.24) is 10.2 Å². The molecule has 0 aromatic heterocycles. The highest BCUT2D eigenvalue weighted by Gasteiger charge is 2.18. The summed E-state index contributed by atoms with van der Waals surface area (Å²) in [6.45, 7) is 7.23. The molecule has 2 fully saturated rings. The number of hydrogen-bond acceptors (Lipinski definition) is 5. The molecule has 1 N–H and O–H groups in total. The smallest absolute Gasteiger partial charge is 0.244 e. The molecule has 3 rings (SSSR count). The van der Waals surface area contributed by atoms with Crippen LogP contribution in [0.1, 0.15) is 38.2 Å². The third-order valence-corrected chi connectivity index (χ3v) is 5.75. The van der Waals surface area contributed by atoms with Gasteiger partial charge in [-0.1, -0.05) is 13.0 Å². The van der Waals surface area contributed by atoms with E-state index in [0.29, 0.717) is 18.4 Å². The average molecular weight is 439 g/mol. The Bertz CT molecular complexity index is 684. The van der Waals surface area contributed by atoms with Gasteiger partial charge in [0.2, 0.25) is 5.91 Å². The van der Waals surface area contributed by atoms with Crippen molar-refractivity contribution in [3.8, 4) is 11.5 Å². The summed E-state index contributed by atoms with van der Waals surface area (Å²) >= 11 is 0. The highest BCUT2D eigenvalue weighted by molar-refractivity contribution is 5.92. The quantitative estimate of drug-likeness (QED) is 0.629. The molecule has 0 unspecified atom stereocenters. The molecule has 0 bridgehead atoms. The first kappa shape index (κ1) is 24.5. The van der Waals surface area contributed by atoms with Crippen molar-refractivity contribution in [2.75, 3.05) is 46.6 Å². The van der Waals surface area contributed by atoms with Crippen LogP contribution in [0.2, 0.25) is 0 Å². The minimum Gasteiger partial charge on any atom is -0.493 e. The summed E-state index contributed by atoms with van der Waals surface area (Å²) in [7, 11) is 1.63. The van der Waals surface area contributed by atoms with Gasteiger partial charge in [-0.2, -0.15) is 0 Å². The van der Waals surface area contributed by atoms with Gasteiger partial charge >= 0.3 is 0 Å². The minimum absolute atomic E-state index is 0. The molecule has 1 aromatic rings. The topological polar surface area (TPSA) is 60.0 Å². The largest absolute Gasteiger partial charge is 0.493 e. The Labute approximate surface area is 186 Å². The van der Waals surface area contributed by atoms with Crippen LogP contribution in [-0.4, -0.2) is 63.4 Å². The summed E-state index contributed by atoms with van der Waals surface area (Å²) in [6, 6.07) is 6.05. The maximum absolute atomic E-state index is 12.2. The van der Waals surface area contributed by atoms with Gasteiger partial charge in [0.25, 0.3) is 0 Å². The summed E-state index contributed by atoms with van der Waals surface area (Å²) in [6.07, 6.45) is 7.96. The molecule has 1 saturated heterocycles. The van der Waals surface area contributed by atoms with E-state index in [1.165, 1.54) is 12.8 Å². The van der Waals surface area contributed by atoms with Gasteiger partial charge in [-0.15, -0.1) is 12.4 Å². The third-order valence-electron chi connectivity index (χ3n) is 5.75. The summed E-state index contributed by atoms with van der Waals surface area (Å²) < 4.78 is 16.7. The van der Waals surface area contributed by atoms with Crippen LogP contribution in [-0.2, 0) is 9.53 Å². The summed E-state index contributed by atoms with van der Waals surface area (Å²) in [5.74, 6) is 2.14. The fourth-order valence-corrected chi connectivity index (χ4v) is 3.84. The molecular formula is C23H35ClN2O4. The Hall–Kier alpha value is -1.76. The predicted octanol–water partition coefficient (Wildman–Crippen LogP) is 3.54. The molecule has 0 spiro atoms. The van der Waals surface area contributed by atoms with E-state index in [2.05, 4.69) is 17.1 Å². The van der Waals surface area contributed by atoms with Gasteiger partial charge in [0.15, 0.2) is 11.5 Å². The van der Waals surface area contributed by atoms with Crippen LogP contribution in [0.5, 0.6) is 11.5 Å². The lowest BCUT2D eigenvalue weighted by Gasteiger charge is -2.26. The highest BCUT2D eigenvalue weighted by atomic mass is 35.5. The fraction of sp³-hybridized carbons (Fsp3) is 0.609. The van der Waals surface area contributed by atoms with Gasteiger partial charge < -0.3 is 19.5 Å². The summed E-state index contributed by atoms with van der Waals surface area (Å²) in [5.41, 5.74) is 0.912. The fourth-order valence-electron chi connectivity index (χ4n) is 3.84. The second-order valence-corrected chi connectivity index (χ2v) is 8.01. The molecule has 1 aliphatic carbocycles. The Morgan fingerprint density at radius 3 is 2.63 bits per heavy atom. The molecule has 6 nitrogen and oxygen atoms in total. The lowest BCUT2D eigenvalue weighted by Crippen LogP contribution is -2.38. The molecule has 1 saturated carbocycles. The van der Waals surface area contributed by atoms with E-state index >= 15 is 0 Å². The van der Waals surface area contributed by atoms with Crippen molar-refractivity contribution in [2.45, 2.75) is 38.6 Å². The number of morpholine rings is 1. The number of benzene rings is 1. The zero-order valence-corrected chi connectivity index (χ0v) is 18.9.